The van der Waals surface area contributed by atoms with Crippen molar-refractivity contribution in [2.75, 3.05) is 0 Å². The summed E-state index contributed by atoms with van der Waals surface area (Å²) in [6, 6.07) is 5.41. The van der Waals surface area contributed by atoms with Crippen LogP contribution in [-0.4, -0.2) is 21.2 Å². The number of pyridine rings is 1. The molecule has 0 atom stereocenters. The first kappa shape index (κ1) is 9.26. The minimum atomic E-state index is -1.15. The summed E-state index contributed by atoms with van der Waals surface area (Å²) in [5.74, 6) is -1.38. The first-order valence-electron chi connectivity index (χ1n) is 4.18. The fraction of sp³-hybridized carbons (Fsp3) is 0. The zero-order valence-corrected chi connectivity index (χ0v) is 7.52. The van der Waals surface area contributed by atoms with Crippen molar-refractivity contribution in [2.24, 2.45) is 0 Å². The highest BCUT2D eigenvalue weighted by Crippen LogP contribution is 2.23. The predicted octanol–water partition coefficient (Wildman–Crippen LogP) is 0.932. The van der Waals surface area contributed by atoms with Crippen LogP contribution in [0.1, 0.15) is 10.4 Å². The second-order valence-corrected chi connectivity index (χ2v) is 3.05. The van der Waals surface area contributed by atoms with Gasteiger partial charge < -0.3 is 15.2 Å². The van der Waals surface area contributed by atoms with Gasteiger partial charge in [0, 0.05) is 11.5 Å². The van der Waals surface area contributed by atoms with E-state index in [1.165, 1.54) is 18.2 Å². The molecule has 76 valence electrons. The molecule has 15 heavy (non-hydrogen) atoms. The van der Waals surface area contributed by atoms with Crippen LogP contribution >= 0.6 is 0 Å². The molecule has 0 radical (unpaired) electrons. The lowest BCUT2D eigenvalue weighted by molar-refractivity contribution is 0.0699. The van der Waals surface area contributed by atoms with Crippen molar-refractivity contribution in [2.45, 2.75) is 0 Å². The van der Waals surface area contributed by atoms with Gasteiger partial charge in [-0.2, -0.15) is 0 Å². The van der Waals surface area contributed by atoms with Gasteiger partial charge in [0.2, 0.25) is 0 Å². The van der Waals surface area contributed by atoms with E-state index in [1.807, 2.05) is 0 Å². The van der Waals surface area contributed by atoms with E-state index in [-0.39, 0.29) is 16.8 Å². The number of fused-ring (bicyclic) bond motifs is 1. The van der Waals surface area contributed by atoms with Crippen LogP contribution in [0.3, 0.4) is 0 Å². The molecule has 0 spiro atoms. The molecule has 0 amide bonds. The van der Waals surface area contributed by atoms with E-state index in [1.54, 1.807) is 0 Å². The molecule has 2 aromatic rings. The van der Waals surface area contributed by atoms with Crippen LogP contribution < -0.4 is 5.56 Å². The summed E-state index contributed by atoms with van der Waals surface area (Å²) < 4.78 is 0. The third-order valence-electron chi connectivity index (χ3n) is 2.09. The topological polar surface area (TPSA) is 90.4 Å². The van der Waals surface area contributed by atoms with Crippen molar-refractivity contribution >= 4 is 16.9 Å². The molecule has 2 rings (SSSR count). The summed E-state index contributed by atoms with van der Waals surface area (Å²) in [5, 5.41) is 18.6. The van der Waals surface area contributed by atoms with Crippen LogP contribution in [0.5, 0.6) is 5.75 Å². The third-order valence-corrected chi connectivity index (χ3v) is 2.09. The van der Waals surface area contributed by atoms with Gasteiger partial charge in [0.1, 0.15) is 5.75 Å². The Hall–Kier alpha value is -2.30. The van der Waals surface area contributed by atoms with E-state index < -0.39 is 11.5 Å². The second kappa shape index (κ2) is 3.13. The highest BCUT2D eigenvalue weighted by atomic mass is 16.4. The first-order valence-corrected chi connectivity index (χ1v) is 4.18. The minimum absolute atomic E-state index is 0.0412. The molecular formula is C10H7NO4. The number of hydrogen-bond donors (Lipinski definition) is 3. The van der Waals surface area contributed by atoms with Gasteiger partial charge >= 0.3 is 5.97 Å². The van der Waals surface area contributed by atoms with Crippen LogP contribution in [0, 0.1) is 0 Å². The van der Waals surface area contributed by atoms with E-state index in [4.69, 9.17) is 5.11 Å². The minimum Gasteiger partial charge on any atom is -0.507 e. The standard InChI is InChI=1S/C10H7NO4/c12-7-4-8(13)11-9-5(7)2-1-3-6(9)10(14)15/h1-4H,(H,14,15)(H2,11,12,13). The van der Waals surface area contributed by atoms with E-state index >= 15 is 0 Å². The predicted molar refractivity (Wildman–Crippen MR) is 53.2 cm³/mol. The van der Waals surface area contributed by atoms with Crippen molar-refractivity contribution in [3.63, 3.8) is 0 Å². The summed E-state index contributed by atoms with van der Waals surface area (Å²) in [7, 11) is 0. The molecule has 0 aliphatic rings. The average Bonchev–Trinajstić information content (AvgIpc) is 2.16. The van der Waals surface area contributed by atoms with Gasteiger partial charge in [0.15, 0.2) is 0 Å². The fourth-order valence-corrected chi connectivity index (χ4v) is 1.44. The number of aromatic carboxylic acids is 1. The Morgan fingerprint density at radius 2 is 2.07 bits per heavy atom. The zero-order chi connectivity index (χ0) is 11.0. The van der Waals surface area contributed by atoms with Crippen LogP contribution in [0.25, 0.3) is 10.9 Å². The average molecular weight is 205 g/mol. The summed E-state index contributed by atoms with van der Waals surface area (Å²) >= 11 is 0. The summed E-state index contributed by atoms with van der Waals surface area (Å²) in [6.45, 7) is 0. The number of rotatable bonds is 1. The largest absolute Gasteiger partial charge is 0.507 e. The molecule has 0 aliphatic heterocycles. The van der Waals surface area contributed by atoms with Crippen molar-refractivity contribution in [3.05, 3.63) is 40.2 Å². The Balaban J connectivity index is 2.97. The lowest BCUT2D eigenvalue weighted by Gasteiger charge is -2.03. The second-order valence-electron chi connectivity index (χ2n) is 3.05. The van der Waals surface area contributed by atoms with Gasteiger partial charge in [-0.15, -0.1) is 0 Å². The Kier molecular flexibility index (Phi) is 1.93. The Bertz CT molecular complexity index is 600. The van der Waals surface area contributed by atoms with E-state index in [0.717, 1.165) is 6.07 Å². The summed E-state index contributed by atoms with van der Waals surface area (Å²) in [6.07, 6.45) is 0. The number of aromatic hydroxyl groups is 1. The maximum Gasteiger partial charge on any atom is 0.337 e. The number of nitrogens with one attached hydrogen (secondary N) is 1. The van der Waals surface area contributed by atoms with Crippen molar-refractivity contribution < 1.29 is 15.0 Å². The summed E-state index contributed by atoms with van der Waals surface area (Å²) in [4.78, 5) is 24.3. The summed E-state index contributed by atoms with van der Waals surface area (Å²) in [5.41, 5.74) is -0.441. The van der Waals surface area contributed by atoms with Gasteiger partial charge in [0.05, 0.1) is 11.1 Å². The maximum atomic E-state index is 11.1. The van der Waals surface area contributed by atoms with E-state index in [2.05, 4.69) is 4.98 Å². The van der Waals surface area contributed by atoms with Crippen LogP contribution in [0.2, 0.25) is 0 Å². The quantitative estimate of drug-likeness (QED) is 0.646. The molecular weight excluding hydrogens is 198 g/mol. The van der Waals surface area contributed by atoms with Gasteiger partial charge in [0.25, 0.3) is 5.56 Å². The number of carbonyl (C=O) groups is 1. The van der Waals surface area contributed by atoms with Gasteiger partial charge in [-0.3, -0.25) is 4.79 Å². The number of hydrogen-bond acceptors (Lipinski definition) is 3. The monoisotopic (exact) mass is 205 g/mol. The third kappa shape index (κ3) is 1.43. The molecule has 3 N–H and O–H groups in total. The first-order chi connectivity index (χ1) is 7.09. The van der Waals surface area contributed by atoms with Gasteiger partial charge in [-0.05, 0) is 12.1 Å². The van der Waals surface area contributed by atoms with E-state index in [9.17, 15) is 14.7 Å². The number of aromatic amines is 1. The maximum absolute atomic E-state index is 11.1. The highest BCUT2D eigenvalue weighted by Gasteiger charge is 2.10. The number of carboxylic acid groups (broad SMARTS) is 1. The van der Waals surface area contributed by atoms with Crippen molar-refractivity contribution in [3.8, 4) is 5.75 Å². The van der Waals surface area contributed by atoms with E-state index in [0.29, 0.717) is 5.39 Å². The van der Waals surface area contributed by atoms with Crippen LogP contribution in [0.4, 0.5) is 0 Å². The number of carboxylic acids is 1. The van der Waals surface area contributed by atoms with Crippen LogP contribution in [-0.2, 0) is 0 Å². The lowest BCUT2D eigenvalue weighted by atomic mass is 10.1. The Morgan fingerprint density at radius 1 is 1.33 bits per heavy atom. The molecule has 0 unspecified atom stereocenters. The molecule has 0 bridgehead atoms. The normalized spacial score (nSPS) is 10.4. The smallest absolute Gasteiger partial charge is 0.337 e. The zero-order valence-electron chi connectivity index (χ0n) is 7.52. The van der Waals surface area contributed by atoms with Crippen molar-refractivity contribution in [1.29, 1.82) is 0 Å². The molecule has 5 nitrogen and oxygen atoms in total. The molecule has 1 aromatic carbocycles. The molecule has 1 aromatic heterocycles. The number of para-hydroxylation sites is 1. The van der Waals surface area contributed by atoms with Gasteiger partial charge in [-0.1, -0.05) is 6.07 Å². The van der Waals surface area contributed by atoms with Gasteiger partial charge in [-0.25, -0.2) is 4.79 Å². The molecule has 0 aliphatic carbocycles. The molecule has 0 fully saturated rings. The molecule has 1 heterocycles. The molecule has 0 saturated heterocycles. The molecule has 5 heteroatoms. The number of aromatic nitrogens is 1. The highest BCUT2D eigenvalue weighted by molar-refractivity contribution is 6.03. The Labute approximate surface area is 83.6 Å². The lowest BCUT2D eigenvalue weighted by Crippen LogP contribution is -2.07. The SMILES string of the molecule is O=C(O)c1cccc2c(O)cc(=O)[nH]c12. The molecule has 0 saturated carbocycles. The fourth-order valence-electron chi connectivity index (χ4n) is 1.44. The van der Waals surface area contributed by atoms with Crippen LogP contribution in [0.15, 0.2) is 29.1 Å². The van der Waals surface area contributed by atoms with Crippen molar-refractivity contribution in [1.82, 2.24) is 4.98 Å². The Morgan fingerprint density at radius 3 is 2.73 bits per heavy atom. The number of H-pyrrole nitrogens is 1. The number of benzene rings is 1.